The molecule has 1 N–H and O–H groups in total. The van der Waals surface area contributed by atoms with E-state index >= 15 is 0 Å². The minimum Gasteiger partial charge on any atom is -0.508 e. The normalized spacial score (nSPS) is 28.1. The summed E-state index contributed by atoms with van der Waals surface area (Å²) < 4.78 is 0. The fourth-order valence-corrected chi connectivity index (χ4v) is 2.07. The first-order valence-corrected chi connectivity index (χ1v) is 4.85. The van der Waals surface area contributed by atoms with Crippen LogP contribution in [0.3, 0.4) is 0 Å². The monoisotopic (exact) mass is 203 g/mol. The van der Waals surface area contributed by atoms with Gasteiger partial charge < -0.3 is 5.11 Å². The average Bonchev–Trinajstić information content (AvgIpc) is 2.92. The van der Waals surface area contributed by atoms with Gasteiger partial charge in [0, 0.05) is 6.07 Å². The molecule has 2 atom stereocenters. The topological polar surface area (TPSA) is 57.6 Å². The lowest BCUT2D eigenvalue weighted by atomic mass is 10.2. The van der Waals surface area contributed by atoms with Crippen molar-refractivity contribution < 1.29 is 14.7 Å². The Kier molecular flexibility index (Phi) is 1.46. The van der Waals surface area contributed by atoms with Gasteiger partial charge in [-0.2, -0.15) is 0 Å². The van der Waals surface area contributed by atoms with Crippen LogP contribution in [-0.4, -0.2) is 16.9 Å². The maximum Gasteiger partial charge on any atom is 0.237 e. The van der Waals surface area contributed by atoms with Gasteiger partial charge in [0.05, 0.1) is 17.5 Å². The van der Waals surface area contributed by atoms with Gasteiger partial charge in [0.25, 0.3) is 0 Å². The average molecular weight is 203 g/mol. The lowest BCUT2D eigenvalue weighted by Crippen LogP contribution is -2.32. The Morgan fingerprint density at radius 1 is 1.20 bits per heavy atom. The molecule has 2 amide bonds. The van der Waals surface area contributed by atoms with Crippen molar-refractivity contribution >= 4 is 17.5 Å². The van der Waals surface area contributed by atoms with E-state index in [4.69, 9.17) is 0 Å². The third kappa shape index (κ3) is 1.08. The molecule has 3 rings (SSSR count). The van der Waals surface area contributed by atoms with E-state index in [0.717, 1.165) is 0 Å². The lowest BCUT2D eigenvalue weighted by molar-refractivity contribution is -0.123. The summed E-state index contributed by atoms with van der Waals surface area (Å²) in [6.07, 6.45) is 0.701. The molecule has 1 aliphatic carbocycles. The predicted molar refractivity (Wildman–Crippen MR) is 52.2 cm³/mol. The highest BCUT2D eigenvalue weighted by Gasteiger charge is 2.59. The van der Waals surface area contributed by atoms with Crippen molar-refractivity contribution in [1.82, 2.24) is 0 Å². The number of hydrogen-bond donors (Lipinski definition) is 1. The molecule has 1 aliphatic heterocycles. The molecule has 1 heterocycles. The molecule has 1 saturated heterocycles. The van der Waals surface area contributed by atoms with E-state index in [2.05, 4.69) is 0 Å². The Morgan fingerprint density at radius 2 is 1.87 bits per heavy atom. The van der Waals surface area contributed by atoms with Crippen molar-refractivity contribution in [3.63, 3.8) is 0 Å². The quantitative estimate of drug-likeness (QED) is 0.690. The summed E-state index contributed by atoms with van der Waals surface area (Å²) in [5.74, 6) is -0.389. The summed E-state index contributed by atoms with van der Waals surface area (Å²) in [4.78, 5) is 24.6. The first kappa shape index (κ1) is 8.47. The number of fused-ring (bicyclic) bond motifs is 1. The smallest absolute Gasteiger partial charge is 0.237 e. The highest BCUT2D eigenvalue weighted by molar-refractivity contribution is 6.24. The number of rotatable bonds is 1. The molecule has 0 aromatic heterocycles. The van der Waals surface area contributed by atoms with Gasteiger partial charge in [0.2, 0.25) is 11.8 Å². The second-order valence-electron chi connectivity index (χ2n) is 3.98. The van der Waals surface area contributed by atoms with Crippen LogP contribution in [0.2, 0.25) is 0 Å². The van der Waals surface area contributed by atoms with E-state index in [9.17, 15) is 14.7 Å². The first-order valence-electron chi connectivity index (χ1n) is 4.85. The number of phenols is 1. The molecule has 4 nitrogen and oxygen atoms in total. The molecule has 4 heteroatoms. The molecule has 2 unspecified atom stereocenters. The van der Waals surface area contributed by atoms with Crippen LogP contribution in [0, 0.1) is 11.8 Å². The molecule has 2 fully saturated rings. The Balaban J connectivity index is 2.01. The summed E-state index contributed by atoms with van der Waals surface area (Å²) in [5, 5.41) is 9.27. The second kappa shape index (κ2) is 2.59. The number of hydrogen-bond acceptors (Lipinski definition) is 3. The van der Waals surface area contributed by atoms with E-state index in [1.54, 1.807) is 12.1 Å². The van der Waals surface area contributed by atoms with E-state index in [1.807, 2.05) is 0 Å². The third-order valence-electron chi connectivity index (χ3n) is 2.95. The maximum absolute atomic E-state index is 11.7. The number of piperidine rings is 1. The van der Waals surface area contributed by atoms with E-state index in [0.29, 0.717) is 12.1 Å². The number of phenolic OH excluding ortho intramolecular Hbond substituents is 1. The van der Waals surface area contributed by atoms with E-state index < -0.39 is 0 Å². The number of carbonyl (C=O) groups is 2. The van der Waals surface area contributed by atoms with Gasteiger partial charge in [-0.3, -0.25) is 9.59 Å². The third-order valence-corrected chi connectivity index (χ3v) is 2.95. The highest BCUT2D eigenvalue weighted by atomic mass is 16.3. The number of nitrogens with zero attached hydrogens (tertiary/aromatic N) is 1. The minimum absolute atomic E-state index is 0.0636. The molecular weight excluding hydrogens is 194 g/mol. The van der Waals surface area contributed by atoms with Crippen molar-refractivity contribution in [3.8, 4) is 5.75 Å². The molecule has 1 aromatic carbocycles. The van der Waals surface area contributed by atoms with Crippen LogP contribution >= 0.6 is 0 Å². The number of aromatic hydroxyl groups is 1. The Labute approximate surface area is 86.1 Å². The zero-order valence-electron chi connectivity index (χ0n) is 7.88. The molecule has 0 radical (unpaired) electrons. The van der Waals surface area contributed by atoms with Gasteiger partial charge in [0.1, 0.15) is 5.75 Å². The molecule has 1 saturated carbocycles. The van der Waals surface area contributed by atoms with Crippen molar-refractivity contribution in [2.24, 2.45) is 11.8 Å². The van der Waals surface area contributed by atoms with Crippen LogP contribution < -0.4 is 4.90 Å². The van der Waals surface area contributed by atoms with Crippen LogP contribution in [0.5, 0.6) is 5.75 Å². The molecule has 2 aliphatic rings. The Hall–Kier alpha value is -1.84. The summed E-state index contributed by atoms with van der Waals surface area (Å²) in [5.41, 5.74) is 0.470. The first-order chi connectivity index (χ1) is 7.18. The van der Waals surface area contributed by atoms with Gasteiger partial charge in [-0.1, -0.05) is 6.07 Å². The van der Waals surface area contributed by atoms with Crippen molar-refractivity contribution in [2.75, 3.05) is 4.90 Å². The summed E-state index contributed by atoms with van der Waals surface area (Å²) >= 11 is 0. The van der Waals surface area contributed by atoms with Gasteiger partial charge in [-0.15, -0.1) is 0 Å². The Bertz CT molecular complexity index is 449. The standard InChI is InChI=1S/C11H9NO3/c13-7-3-1-2-6(4-7)12-10(14)8-5-9(8)11(12)15/h1-4,8-9,13H,5H2. The Morgan fingerprint density at radius 3 is 2.47 bits per heavy atom. The van der Waals surface area contributed by atoms with Crippen molar-refractivity contribution in [2.45, 2.75) is 6.42 Å². The number of carbonyl (C=O) groups excluding carboxylic acids is 2. The number of amides is 2. The lowest BCUT2D eigenvalue weighted by Gasteiger charge is -2.16. The molecule has 0 spiro atoms. The SMILES string of the molecule is O=C1C2CC2C(=O)N1c1cccc(O)c1. The van der Waals surface area contributed by atoms with Gasteiger partial charge >= 0.3 is 0 Å². The van der Waals surface area contributed by atoms with Crippen LogP contribution in [-0.2, 0) is 9.59 Å². The van der Waals surface area contributed by atoms with E-state index in [1.165, 1.54) is 17.0 Å². The van der Waals surface area contributed by atoms with Crippen LogP contribution in [0.1, 0.15) is 6.42 Å². The fourth-order valence-electron chi connectivity index (χ4n) is 2.07. The molecule has 1 aromatic rings. The number of benzene rings is 1. The summed E-state index contributed by atoms with van der Waals surface area (Å²) in [7, 11) is 0. The van der Waals surface area contributed by atoms with Gasteiger partial charge in [-0.25, -0.2) is 4.90 Å². The van der Waals surface area contributed by atoms with Gasteiger partial charge in [0.15, 0.2) is 0 Å². The van der Waals surface area contributed by atoms with E-state index in [-0.39, 0.29) is 29.4 Å². The van der Waals surface area contributed by atoms with Crippen molar-refractivity contribution in [3.05, 3.63) is 24.3 Å². The van der Waals surface area contributed by atoms with Crippen LogP contribution in [0.4, 0.5) is 5.69 Å². The molecule has 0 bridgehead atoms. The molecule has 76 valence electrons. The largest absolute Gasteiger partial charge is 0.508 e. The fraction of sp³-hybridized carbons (Fsp3) is 0.273. The minimum atomic E-state index is -0.129. The number of imide groups is 1. The zero-order chi connectivity index (χ0) is 10.6. The second-order valence-corrected chi connectivity index (χ2v) is 3.98. The molecular formula is C11H9NO3. The predicted octanol–water partition coefficient (Wildman–Crippen LogP) is 0.901. The summed E-state index contributed by atoms with van der Waals surface area (Å²) in [6.45, 7) is 0. The van der Waals surface area contributed by atoms with Crippen LogP contribution in [0.15, 0.2) is 24.3 Å². The van der Waals surface area contributed by atoms with Gasteiger partial charge in [-0.05, 0) is 18.6 Å². The van der Waals surface area contributed by atoms with Crippen LogP contribution in [0.25, 0.3) is 0 Å². The maximum atomic E-state index is 11.7. The highest BCUT2D eigenvalue weighted by Crippen LogP contribution is 2.48. The number of anilines is 1. The zero-order valence-corrected chi connectivity index (χ0v) is 7.88. The van der Waals surface area contributed by atoms with Crippen molar-refractivity contribution in [1.29, 1.82) is 0 Å². The molecule has 15 heavy (non-hydrogen) atoms. The summed E-state index contributed by atoms with van der Waals surface area (Å²) in [6, 6.07) is 6.21.